The molecule has 2 aromatic heterocycles. The van der Waals surface area contributed by atoms with Crippen LogP contribution in [0.3, 0.4) is 0 Å². The summed E-state index contributed by atoms with van der Waals surface area (Å²) in [6.07, 6.45) is 4.61. The number of likely N-dealkylation sites (N-methyl/N-ethyl adjacent to an activating group) is 1. The van der Waals surface area contributed by atoms with E-state index in [-0.39, 0.29) is 5.91 Å². The minimum absolute atomic E-state index is 0.255. The monoisotopic (exact) mass is 450 g/mol. The predicted molar refractivity (Wildman–Crippen MR) is 131 cm³/mol. The maximum absolute atomic E-state index is 12.5. The quantitative estimate of drug-likeness (QED) is 0.492. The third kappa shape index (κ3) is 4.43. The molecular formula is C24H27ClN6O. The second-order valence-corrected chi connectivity index (χ2v) is 8.21. The molecule has 0 radical (unpaired) electrons. The normalized spacial score (nSPS) is 15.5. The molecule has 0 bridgehead atoms. The Morgan fingerprint density at radius 3 is 2.78 bits per heavy atom. The van der Waals surface area contributed by atoms with Crippen LogP contribution in [-0.4, -0.2) is 54.0 Å². The lowest BCUT2D eigenvalue weighted by Gasteiger charge is -2.27. The number of aromatic amines is 1. The number of halogens is 1. The van der Waals surface area contributed by atoms with Crippen molar-refractivity contribution in [1.29, 1.82) is 0 Å². The van der Waals surface area contributed by atoms with Crippen LogP contribution in [0.25, 0.3) is 5.70 Å². The third-order valence-corrected chi connectivity index (χ3v) is 6.22. The van der Waals surface area contributed by atoms with Gasteiger partial charge in [-0.25, -0.2) is 4.98 Å². The summed E-state index contributed by atoms with van der Waals surface area (Å²) in [7, 11) is 3.95. The van der Waals surface area contributed by atoms with Gasteiger partial charge in [-0.1, -0.05) is 30.3 Å². The number of benzene rings is 1. The molecule has 3 heterocycles. The third-order valence-electron chi connectivity index (χ3n) is 5.89. The largest absolute Gasteiger partial charge is 0.374 e. The Labute approximate surface area is 193 Å². The van der Waals surface area contributed by atoms with Crippen molar-refractivity contribution in [3.8, 4) is 0 Å². The highest BCUT2D eigenvalue weighted by molar-refractivity contribution is 6.34. The van der Waals surface area contributed by atoms with Crippen molar-refractivity contribution in [3.63, 3.8) is 0 Å². The summed E-state index contributed by atoms with van der Waals surface area (Å²) in [6.45, 7) is 6.12. The number of hydrogen-bond acceptors (Lipinski definition) is 5. The number of pyridine rings is 1. The summed E-state index contributed by atoms with van der Waals surface area (Å²) in [4.78, 5) is 24.7. The van der Waals surface area contributed by atoms with Gasteiger partial charge in [0.05, 0.1) is 22.5 Å². The lowest BCUT2D eigenvalue weighted by atomic mass is 10.2. The molecule has 0 aliphatic carbocycles. The molecule has 166 valence electrons. The number of nitrogens with one attached hydrogen (secondary N) is 3. The second-order valence-electron chi connectivity index (χ2n) is 7.80. The fourth-order valence-corrected chi connectivity index (χ4v) is 4.21. The number of anilines is 3. The Morgan fingerprint density at radius 1 is 1.25 bits per heavy atom. The van der Waals surface area contributed by atoms with E-state index in [1.54, 1.807) is 30.5 Å². The maximum atomic E-state index is 12.5. The summed E-state index contributed by atoms with van der Waals surface area (Å²) in [5.74, 6) is 1.58. The zero-order chi connectivity index (χ0) is 22.7. The van der Waals surface area contributed by atoms with Gasteiger partial charge in [-0.3, -0.25) is 4.79 Å². The van der Waals surface area contributed by atoms with Crippen molar-refractivity contribution >= 4 is 40.5 Å². The summed E-state index contributed by atoms with van der Waals surface area (Å²) < 4.78 is 0. The van der Waals surface area contributed by atoms with E-state index in [4.69, 9.17) is 11.6 Å². The fraction of sp³-hybridized carbons (Fsp3) is 0.250. The first-order chi connectivity index (χ1) is 15.5. The maximum Gasteiger partial charge on any atom is 0.257 e. The van der Waals surface area contributed by atoms with Crippen molar-refractivity contribution in [2.24, 2.45) is 0 Å². The Kier molecular flexibility index (Phi) is 6.37. The van der Waals surface area contributed by atoms with Crippen LogP contribution in [0.5, 0.6) is 0 Å². The van der Waals surface area contributed by atoms with Gasteiger partial charge in [-0.05, 0) is 36.8 Å². The van der Waals surface area contributed by atoms with Crippen LogP contribution in [0.15, 0.2) is 61.4 Å². The van der Waals surface area contributed by atoms with Crippen molar-refractivity contribution in [1.82, 2.24) is 14.9 Å². The molecule has 0 spiro atoms. The molecule has 0 saturated carbocycles. The van der Waals surface area contributed by atoms with Crippen LogP contribution in [0, 0.1) is 0 Å². The van der Waals surface area contributed by atoms with E-state index < -0.39 is 0 Å². The van der Waals surface area contributed by atoms with Crippen molar-refractivity contribution in [3.05, 3.63) is 77.6 Å². The van der Waals surface area contributed by atoms with Gasteiger partial charge in [-0.15, -0.1) is 0 Å². The molecule has 1 aliphatic rings. The minimum atomic E-state index is -0.255. The van der Waals surface area contributed by atoms with Crippen LogP contribution < -0.4 is 15.5 Å². The van der Waals surface area contributed by atoms with E-state index in [9.17, 15) is 4.79 Å². The number of likely N-dealkylation sites (tertiary alicyclic amines) is 1. The molecule has 1 atom stereocenters. The van der Waals surface area contributed by atoms with E-state index in [2.05, 4.69) is 44.0 Å². The molecule has 3 aromatic rings. The van der Waals surface area contributed by atoms with E-state index in [0.717, 1.165) is 42.4 Å². The first kappa shape index (κ1) is 21.8. The van der Waals surface area contributed by atoms with Crippen molar-refractivity contribution < 1.29 is 4.79 Å². The molecule has 1 amide bonds. The van der Waals surface area contributed by atoms with Gasteiger partial charge in [0.15, 0.2) is 0 Å². The van der Waals surface area contributed by atoms with Crippen LogP contribution >= 0.6 is 11.6 Å². The molecule has 32 heavy (non-hydrogen) atoms. The molecule has 1 aromatic carbocycles. The molecule has 1 fully saturated rings. The average molecular weight is 451 g/mol. The highest BCUT2D eigenvalue weighted by Crippen LogP contribution is 2.29. The van der Waals surface area contributed by atoms with Gasteiger partial charge < -0.3 is 25.4 Å². The zero-order valence-corrected chi connectivity index (χ0v) is 19.0. The summed E-state index contributed by atoms with van der Waals surface area (Å²) in [6, 6.07) is 13.1. The van der Waals surface area contributed by atoms with Gasteiger partial charge in [0.2, 0.25) is 0 Å². The molecule has 1 aliphatic heterocycles. The van der Waals surface area contributed by atoms with E-state index >= 15 is 0 Å². The van der Waals surface area contributed by atoms with Gasteiger partial charge in [-0.2, -0.15) is 0 Å². The molecule has 1 saturated heterocycles. The summed E-state index contributed by atoms with van der Waals surface area (Å²) in [5, 5.41) is 6.44. The molecule has 3 N–H and O–H groups in total. The second kappa shape index (κ2) is 9.36. The van der Waals surface area contributed by atoms with Gasteiger partial charge in [0.1, 0.15) is 11.6 Å². The van der Waals surface area contributed by atoms with Crippen molar-refractivity contribution in [2.75, 3.05) is 42.7 Å². The van der Waals surface area contributed by atoms with Crippen LogP contribution in [0.1, 0.15) is 22.3 Å². The SMILES string of the molecule is C=C(c1cc[nH]c1NC)N1CCC(N(C)c2ccc(NC(=O)c3ccccc3Cl)cn2)C1. The first-order valence-corrected chi connectivity index (χ1v) is 10.9. The molecule has 4 rings (SSSR count). The standard InChI is InChI=1S/C24H27ClN6O/c1-16(19-10-12-27-23(19)26-2)31-13-11-18(15-31)30(3)22-9-8-17(14-28-22)29-24(32)20-6-4-5-7-21(20)25/h4-10,12,14,18,26-27H,1,11,13,15H2,2-3H3,(H,29,32). The Bertz CT molecular complexity index is 1110. The number of amides is 1. The predicted octanol–water partition coefficient (Wildman–Crippen LogP) is 4.54. The van der Waals surface area contributed by atoms with Gasteiger partial charge in [0, 0.05) is 50.7 Å². The topological polar surface area (TPSA) is 76.3 Å². The smallest absolute Gasteiger partial charge is 0.257 e. The Hall–Kier alpha value is -3.45. The first-order valence-electron chi connectivity index (χ1n) is 10.5. The van der Waals surface area contributed by atoms with Crippen LogP contribution in [0.2, 0.25) is 5.02 Å². The number of hydrogen-bond donors (Lipinski definition) is 3. The Balaban J connectivity index is 1.38. The molecule has 1 unspecified atom stereocenters. The summed E-state index contributed by atoms with van der Waals surface area (Å²) >= 11 is 6.11. The molecule has 7 nitrogen and oxygen atoms in total. The number of carbonyl (C=O) groups excluding carboxylic acids is 1. The van der Waals surface area contributed by atoms with Gasteiger partial charge >= 0.3 is 0 Å². The molecule has 8 heteroatoms. The lowest BCUT2D eigenvalue weighted by molar-refractivity contribution is 0.102. The Morgan fingerprint density at radius 2 is 2.06 bits per heavy atom. The van der Waals surface area contributed by atoms with E-state index in [1.165, 1.54) is 0 Å². The highest BCUT2D eigenvalue weighted by atomic mass is 35.5. The number of rotatable bonds is 7. The van der Waals surface area contributed by atoms with Gasteiger partial charge in [0.25, 0.3) is 5.91 Å². The van der Waals surface area contributed by atoms with E-state index in [0.29, 0.717) is 22.3 Å². The summed E-state index contributed by atoms with van der Waals surface area (Å²) in [5.41, 5.74) is 3.16. The number of aromatic nitrogens is 2. The minimum Gasteiger partial charge on any atom is -0.374 e. The fourth-order valence-electron chi connectivity index (χ4n) is 3.99. The number of H-pyrrole nitrogens is 1. The highest BCUT2D eigenvalue weighted by Gasteiger charge is 2.28. The van der Waals surface area contributed by atoms with E-state index in [1.807, 2.05) is 31.4 Å². The zero-order valence-electron chi connectivity index (χ0n) is 18.2. The molecular weight excluding hydrogens is 424 g/mol. The van der Waals surface area contributed by atoms with Crippen molar-refractivity contribution in [2.45, 2.75) is 12.5 Å². The average Bonchev–Trinajstić information content (AvgIpc) is 3.49. The number of carbonyl (C=O) groups is 1. The van der Waals surface area contributed by atoms with Crippen LogP contribution in [0.4, 0.5) is 17.3 Å². The number of nitrogens with zero attached hydrogens (tertiary/aromatic N) is 3. The van der Waals surface area contributed by atoms with Crippen LogP contribution in [-0.2, 0) is 0 Å². The lowest BCUT2D eigenvalue weighted by Crippen LogP contribution is -2.34.